The maximum Gasteiger partial charge on any atom is 0.242 e. The Balaban J connectivity index is 1.80. The number of ether oxygens (including phenoxy) is 1. The van der Waals surface area contributed by atoms with Gasteiger partial charge in [0.25, 0.3) is 0 Å². The Hall–Kier alpha value is -2.09. The summed E-state index contributed by atoms with van der Waals surface area (Å²) >= 11 is 6.20. The van der Waals surface area contributed by atoms with Crippen molar-refractivity contribution in [3.63, 3.8) is 0 Å². The van der Waals surface area contributed by atoms with Crippen molar-refractivity contribution in [2.24, 2.45) is 0 Å². The maximum atomic E-state index is 12.6. The molecule has 0 spiro atoms. The van der Waals surface area contributed by atoms with Gasteiger partial charge in [0, 0.05) is 19.5 Å². The molecule has 0 radical (unpaired) electrons. The predicted octanol–water partition coefficient (Wildman–Crippen LogP) is 2.61. The third kappa shape index (κ3) is 4.00. The molecular formula is C18H19ClN2O4S. The van der Waals surface area contributed by atoms with Crippen LogP contribution in [0.3, 0.4) is 0 Å². The number of halogens is 1. The highest BCUT2D eigenvalue weighted by Gasteiger charge is 2.26. The van der Waals surface area contributed by atoms with Crippen LogP contribution in [0, 0.1) is 0 Å². The monoisotopic (exact) mass is 394 g/mol. The van der Waals surface area contributed by atoms with Gasteiger partial charge in [-0.05, 0) is 18.1 Å². The first-order valence-electron chi connectivity index (χ1n) is 8.16. The average Bonchev–Trinajstić information content (AvgIpc) is 2.61. The van der Waals surface area contributed by atoms with Crippen molar-refractivity contribution in [2.45, 2.75) is 18.2 Å². The zero-order valence-electron chi connectivity index (χ0n) is 14.2. The van der Waals surface area contributed by atoms with E-state index in [0.29, 0.717) is 31.0 Å². The summed E-state index contributed by atoms with van der Waals surface area (Å²) in [6.07, 6.45) is 0.567. The third-order valence-corrected chi connectivity index (χ3v) is 6.02. The van der Waals surface area contributed by atoms with Gasteiger partial charge in [-0.2, -0.15) is 0 Å². The third-order valence-electron chi connectivity index (χ3n) is 4.09. The van der Waals surface area contributed by atoms with E-state index in [1.807, 2.05) is 30.3 Å². The number of nitrogens with zero attached hydrogens (tertiary/aromatic N) is 1. The predicted molar refractivity (Wildman–Crippen MR) is 100 cm³/mol. The molecule has 1 amide bonds. The van der Waals surface area contributed by atoms with Crippen molar-refractivity contribution in [3.8, 4) is 5.75 Å². The van der Waals surface area contributed by atoms with E-state index >= 15 is 0 Å². The van der Waals surface area contributed by atoms with Crippen molar-refractivity contribution in [2.75, 3.05) is 24.6 Å². The molecule has 1 heterocycles. The second kappa shape index (κ2) is 7.65. The molecule has 3 rings (SSSR count). The van der Waals surface area contributed by atoms with Gasteiger partial charge in [0.15, 0.2) is 0 Å². The molecule has 0 aliphatic carbocycles. The molecule has 6 nitrogen and oxygen atoms in total. The van der Waals surface area contributed by atoms with Crippen molar-refractivity contribution in [1.29, 1.82) is 0 Å². The highest BCUT2D eigenvalue weighted by molar-refractivity contribution is 7.89. The molecule has 1 N–H and O–H groups in total. The van der Waals surface area contributed by atoms with Gasteiger partial charge < -0.3 is 9.64 Å². The fourth-order valence-electron chi connectivity index (χ4n) is 2.80. The quantitative estimate of drug-likeness (QED) is 0.845. The Morgan fingerprint density at radius 1 is 1.27 bits per heavy atom. The number of rotatable bonds is 5. The summed E-state index contributed by atoms with van der Waals surface area (Å²) in [5.74, 6) is 0.182. The van der Waals surface area contributed by atoms with Gasteiger partial charge in [0.05, 0.1) is 17.3 Å². The lowest BCUT2D eigenvalue weighted by Crippen LogP contribution is -2.36. The van der Waals surface area contributed by atoms with Gasteiger partial charge in [-0.25, -0.2) is 13.1 Å². The van der Waals surface area contributed by atoms with E-state index in [1.54, 1.807) is 0 Å². The average molecular weight is 395 g/mol. The van der Waals surface area contributed by atoms with Crippen LogP contribution in [0.2, 0.25) is 5.02 Å². The largest absolute Gasteiger partial charge is 0.489 e. The summed E-state index contributed by atoms with van der Waals surface area (Å²) in [4.78, 5) is 13.2. The molecule has 0 atom stereocenters. The van der Waals surface area contributed by atoms with E-state index in [-0.39, 0.29) is 22.4 Å². The standard InChI is InChI=1S/C18H19ClN2O4S/c1-13(22)21-9-10-25-17-12-18(15(19)11-16(17)21)26(23,24)20-8-7-14-5-3-2-4-6-14/h2-6,11-12,20H,7-10H2,1H3. The van der Waals surface area contributed by atoms with E-state index in [1.165, 1.54) is 24.0 Å². The Morgan fingerprint density at radius 3 is 2.69 bits per heavy atom. The lowest BCUT2D eigenvalue weighted by atomic mass is 10.2. The number of amides is 1. The number of fused-ring (bicyclic) bond motifs is 1. The van der Waals surface area contributed by atoms with Crippen LogP contribution in [0.25, 0.3) is 0 Å². The number of hydrogen-bond donors (Lipinski definition) is 1. The number of sulfonamides is 1. The van der Waals surface area contributed by atoms with Crippen LogP contribution in [-0.4, -0.2) is 34.0 Å². The SMILES string of the molecule is CC(=O)N1CCOc2cc(S(=O)(=O)NCCc3ccccc3)c(Cl)cc21. The van der Waals surface area contributed by atoms with Crippen LogP contribution >= 0.6 is 11.6 Å². The molecule has 0 saturated heterocycles. The van der Waals surface area contributed by atoms with Crippen molar-refractivity contribution in [1.82, 2.24) is 4.72 Å². The molecule has 2 aromatic carbocycles. The fraction of sp³-hybridized carbons (Fsp3) is 0.278. The first kappa shape index (κ1) is 18.7. The summed E-state index contributed by atoms with van der Waals surface area (Å²) in [5.41, 5.74) is 1.52. The summed E-state index contributed by atoms with van der Waals surface area (Å²) in [7, 11) is -3.80. The van der Waals surface area contributed by atoms with Crippen LogP contribution < -0.4 is 14.4 Å². The minimum Gasteiger partial charge on any atom is -0.489 e. The summed E-state index contributed by atoms with van der Waals surface area (Å²) < 4.78 is 33.3. The molecular weight excluding hydrogens is 376 g/mol. The maximum absolute atomic E-state index is 12.6. The van der Waals surface area contributed by atoms with E-state index in [9.17, 15) is 13.2 Å². The fourth-order valence-corrected chi connectivity index (χ4v) is 4.37. The topological polar surface area (TPSA) is 75.7 Å². The van der Waals surface area contributed by atoms with Gasteiger partial charge >= 0.3 is 0 Å². The number of nitrogens with one attached hydrogen (secondary N) is 1. The Labute approximate surface area is 157 Å². The minimum absolute atomic E-state index is 0.0488. The van der Waals surface area contributed by atoms with Gasteiger partial charge in [-0.1, -0.05) is 41.9 Å². The number of carbonyl (C=O) groups is 1. The summed E-state index contributed by atoms with van der Waals surface area (Å²) in [6.45, 7) is 2.40. The molecule has 0 aromatic heterocycles. The molecule has 26 heavy (non-hydrogen) atoms. The van der Waals surface area contributed by atoms with Crippen LogP contribution in [0.4, 0.5) is 5.69 Å². The zero-order valence-corrected chi connectivity index (χ0v) is 15.8. The molecule has 138 valence electrons. The molecule has 8 heteroatoms. The van der Waals surface area contributed by atoms with Crippen LogP contribution in [-0.2, 0) is 21.2 Å². The van der Waals surface area contributed by atoms with Crippen molar-refractivity contribution >= 4 is 33.2 Å². The molecule has 0 fully saturated rings. The van der Waals surface area contributed by atoms with Gasteiger partial charge in [0.2, 0.25) is 15.9 Å². The highest BCUT2D eigenvalue weighted by Crippen LogP contribution is 2.38. The van der Waals surface area contributed by atoms with Crippen LogP contribution in [0.1, 0.15) is 12.5 Å². The van der Waals surface area contributed by atoms with Crippen LogP contribution in [0.15, 0.2) is 47.4 Å². The molecule has 0 bridgehead atoms. The number of anilines is 1. The first-order chi connectivity index (χ1) is 12.4. The zero-order chi connectivity index (χ0) is 18.7. The Kier molecular flexibility index (Phi) is 5.50. The molecule has 2 aromatic rings. The number of hydrogen-bond acceptors (Lipinski definition) is 4. The Bertz CT molecular complexity index is 916. The molecule has 0 unspecified atom stereocenters. The van der Waals surface area contributed by atoms with Crippen molar-refractivity contribution in [3.05, 3.63) is 53.1 Å². The van der Waals surface area contributed by atoms with E-state index in [0.717, 1.165) is 5.56 Å². The van der Waals surface area contributed by atoms with Gasteiger partial charge in [-0.15, -0.1) is 0 Å². The lowest BCUT2D eigenvalue weighted by Gasteiger charge is -2.29. The lowest BCUT2D eigenvalue weighted by molar-refractivity contribution is -0.116. The summed E-state index contributed by atoms with van der Waals surface area (Å²) in [6, 6.07) is 12.4. The smallest absolute Gasteiger partial charge is 0.242 e. The van der Waals surface area contributed by atoms with E-state index in [4.69, 9.17) is 16.3 Å². The highest BCUT2D eigenvalue weighted by atomic mass is 35.5. The van der Waals surface area contributed by atoms with Crippen LogP contribution in [0.5, 0.6) is 5.75 Å². The van der Waals surface area contributed by atoms with Gasteiger partial charge in [0.1, 0.15) is 17.3 Å². The second-order valence-electron chi connectivity index (χ2n) is 5.90. The molecule has 1 aliphatic heterocycles. The number of benzene rings is 2. The number of carbonyl (C=O) groups excluding carboxylic acids is 1. The van der Waals surface area contributed by atoms with Gasteiger partial charge in [-0.3, -0.25) is 4.79 Å². The molecule has 0 saturated carbocycles. The van der Waals surface area contributed by atoms with Crippen molar-refractivity contribution < 1.29 is 17.9 Å². The molecule has 1 aliphatic rings. The second-order valence-corrected chi connectivity index (χ2v) is 8.05. The summed E-state index contributed by atoms with van der Waals surface area (Å²) in [5, 5.41) is 0.0488. The van der Waals surface area contributed by atoms with E-state index < -0.39 is 10.0 Å². The first-order valence-corrected chi connectivity index (χ1v) is 10.0. The van der Waals surface area contributed by atoms with E-state index in [2.05, 4.69) is 4.72 Å². The Morgan fingerprint density at radius 2 is 2.00 bits per heavy atom. The normalized spacial score (nSPS) is 13.8. The minimum atomic E-state index is -3.80.